The lowest BCUT2D eigenvalue weighted by Gasteiger charge is -2.21. The Hall–Kier alpha value is -2.19. The fraction of sp³-hybridized carbons (Fsp3) is 0.524. The molecule has 2 aromatic rings. The lowest BCUT2D eigenvalue weighted by Crippen LogP contribution is -2.24. The van der Waals surface area contributed by atoms with Gasteiger partial charge in [-0.3, -0.25) is 9.48 Å². The van der Waals surface area contributed by atoms with Crippen molar-refractivity contribution in [2.24, 2.45) is 5.92 Å². The number of aliphatic hydroxyl groups excluding tert-OH is 1. The monoisotopic (exact) mass is 419 g/mol. The Kier molecular flexibility index (Phi) is 6.74. The average molecular weight is 420 g/mol. The number of carbonyl (C=O) groups is 1. The van der Waals surface area contributed by atoms with Gasteiger partial charge in [-0.2, -0.15) is 5.10 Å². The topological polar surface area (TPSA) is 101 Å². The first-order chi connectivity index (χ1) is 13.8. The van der Waals surface area contributed by atoms with Gasteiger partial charge in [0.15, 0.2) is 15.7 Å². The van der Waals surface area contributed by atoms with Crippen molar-refractivity contribution in [1.82, 2.24) is 9.78 Å². The molecular formula is C21H29N3O4S. The van der Waals surface area contributed by atoms with E-state index < -0.39 is 9.84 Å². The minimum absolute atomic E-state index is 0.0225. The van der Waals surface area contributed by atoms with Gasteiger partial charge in [-0.05, 0) is 36.5 Å². The molecule has 8 heteroatoms. The number of rotatable bonds is 8. The van der Waals surface area contributed by atoms with Gasteiger partial charge < -0.3 is 10.4 Å². The number of aryl methyl sites for hydroxylation is 1. The van der Waals surface area contributed by atoms with Crippen LogP contribution in [0.2, 0.25) is 0 Å². The summed E-state index contributed by atoms with van der Waals surface area (Å²) >= 11 is 0. The number of amides is 1. The minimum atomic E-state index is -3.30. The molecule has 7 nitrogen and oxygen atoms in total. The first-order valence-electron chi connectivity index (χ1n) is 10.0. The Balaban J connectivity index is 1.85. The summed E-state index contributed by atoms with van der Waals surface area (Å²) in [6, 6.07) is 6.88. The van der Waals surface area contributed by atoms with Gasteiger partial charge in [-0.1, -0.05) is 37.8 Å². The second-order valence-corrected chi connectivity index (χ2v) is 9.90. The van der Waals surface area contributed by atoms with Crippen molar-refractivity contribution < 1.29 is 18.3 Å². The summed E-state index contributed by atoms with van der Waals surface area (Å²) in [7, 11) is -3.30. The highest BCUT2D eigenvalue weighted by Gasteiger charge is 2.28. The zero-order valence-electron chi connectivity index (χ0n) is 17.0. The van der Waals surface area contributed by atoms with Crippen LogP contribution in [0.25, 0.3) is 0 Å². The molecule has 1 fully saturated rings. The summed E-state index contributed by atoms with van der Waals surface area (Å²) in [6.45, 7) is 2.11. The lowest BCUT2D eigenvalue weighted by molar-refractivity contribution is -0.118. The number of carbonyl (C=O) groups excluding carboxylic acids is 1. The van der Waals surface area contributed by atoms with Crippen LogP contribution in [0.3, 0.4) is 0 Å². The van der Waals surface area contributed by atoms with E-state index in [1.807, 2.05) is 6.07 Å². The molecule has 1 aliphatic rings. The molecule has 1 heterocycles. The molecule has 0 spiro atoms. The highest BCUT2D eigenvalue weighted by atomic mass is 32.2. The van der Waals surface area contributed by atoms with Gasteiger partial charge in [-0.25, -0.2) is 8.42 Å². The largest absolute Gasteiger partial charge is 0.394 e. The van der Waals surface area contributed by atoms with E-state index in [0.29, 0.717) is 28.7 Å². The van der Waals surface area contributed by atoms with Crippen molar-refractivity contribution in [3.63, 3.8) is 0 Å². The molecular weight excluding hydrogens is 390 g/mol. The van der Waals surface area contributed by atoms with Crippen molar-refractivity contribution in [1.29, 1.82) is 0 Å². The SMILES string of the molecule is Cc1cc([C@@H](CC2CCCC2)C(=O)Nc2ccn(CCO)n2)ccc1S(C)(=O)=O. The van der Waals surface area contributed by atoms with Gasteiger partial charge >= 0.3 is 0 Å². The van der Waals surface area contributed by atoms with Crippen LogP contribution in [-0.4, -0.2) is 42.1 Å². The molecule has 0 saturated heterocycles. The molecule has 3 rings (SSSR count). The Bertz CT molecular complexity index is 962. The van der Waals surface area contributed by atoms with Gasteiger partial charge in [-0.15, -0.1) is 0 Å². The summed E-state index contributed by atoms with van der Waals surface area (Å²) < 4.78 is 25.4. The average Bonchev–Trinajstić information content (AvgIpc) is 3.31. The third-order valence-corrected chi connectivity index (χ3v) is 6.84. The lowest BCUT2D eigenvalue weighted by atomic mass is 9.86. The molecule has 1 amide bonds. The van der Waals surface area contributed by atoms with Crippen molar-refractivity contribution in [2.75, 3.05) is 18.2 Å². The number of hydrogen-bond acceptors (Lipinski definition) is 5. The zero-order chi connectivity index (χ0) is 21.0. The van der Waals surface area contributed by atoms with E-state index in [1.54, 1.807) is 36.0 Å². The smallest absolute Gasteiger partial charge is 0.233 e. The number of anilines is 1. The molecule has 1 aromatic heterocycles. The molecule has 29 heavy (non-hydrogen) atoms. The number of hydrogen-bond donors (Lipinski definition) is 2. The van der Waals surface area contributed by atoms with Crippen LogP contribution in [0.15, 0.2) is 35.4 Å². The Morgan fingerprint density at radius 2 is 2.03 bits per heavy atom. The van der Waals surface area contributed by atoms with Crippen molar-refractivity contribution in [2.45, 2.75) is 56.4 Å². The van der Waals surface area contributed by atoms with Gasteiger partial charge in [0.1, 0.15) is 0 Å². The highest BCUT2D eigenvalue weighted by Crippen LogP contribution is 2.35. The van der Waals surface area contributed by atoms with Crippen LogP contribution in [0, 0.1) is 12.8 Å². The number of aromatic nitrogens is 2. The summed E-state index contributed by atoms with van der Waals surface area (Å²) in [5.41, 5.74) is 1.48. The quantitative estimate of drug-likeness (QED) is 0.685. The third kappa shape index (κ3) is 5.45. The molecule has 158 valence electrons. The molecule has 2 N–H and O–H groups in total. The van der Waals surface area contributed by atoms with E-state index in [1.165, 1.54) is 19.1 Å². The van der Waals surface area contributed by atoms with Crippen LogP contribution >= 0.6 is 0 Å². The van der Waals surface area contributed by atoms with Gasteiger partial charge in [0.25, 0.3) is 0 Å². The summed E-state index contributed by atoms with van der Waals surface area (Å²) in [5, 5.41) is 16.2. The van der Waals surface area contributed by atoms with E-state index in [9.17, 15) is 13.2 Å². The molecule has 0 radical (unpaired) electrons. The Morgan fingerprint density at radius 1 is 1.31 bits per heavy atom. The first kappa shape index (κ1) is 21.5. The molecule has 0 unspecified atom stereocenters. The summed E-state index contributed by atoms with van der Waals surface area (Å²) in [4.78, 5) is 13.4. The van der Waals surface area contributed by atoms with Gasteiger partial charge in [0, 0.05) is 18.5 Å². The van der Waals surface area contributed by atoms with Crippen molar-refractivity contribution in [3.8, 4) is 0 Å². The Labute approximate surface area is 172 Å². The number of aliphatic hydroxyl groups is 1. The molecule has 0 bridgehead atoms. The highest BCUT2D eigenvalue weighted by molar-refractivity contribution is 7.90. The van der Waals surface area contributed by atoms with E-state index >= 15 is 0 Å². The van der Waals surface area contributed by atoms with Crippen LogP contribution in [-0.2, 0) is 21.2 Å². The number of sulfone groups is 1. The predicted octanol–water partition coefficient (Wildman–Crippen LogP) is 2.89. The van der Waals surface area contributed by atoms with E-state index in [-0.39, 0.29) is 18.4 Å². The number of benzene rings is 1. The van der Waals surface area contributed by atoms with Gasteiger partial charge in [0.2, 0.25) is 5.91 Å². The van der Waals surface area contributed by atoms with E-state index in [0.717, 1.165) is 24.8 Å². The zero-order valence-corrected chi connectivity index (χ0v) is 17.8. The normalized spacial score (nSPS) is 16.1. The van der Waals surface area contributed by atoms with Crippen LogP contribution < -0.4 is 5.32 Å². The van der Waals surface area contributed by atoms with Crippen LogP contribution in [0.1, 0.15) is 49.1 Å². The maximum atomic E-state index is 13.1. The third-order valence-electron chi connectivity index (χ3n) is 5.58. The fourth-order valence-corrected chi connectivity index (χ4v) is 5.11. The molecule has 1 saturated carbocycles. The standard InChI is InChI=1S/C21H29N3O4S/c1-15-13-17(7-8-19(15)29(2,27)28)18(14-16-5-3-4-6-16)21(26)22-20-9-10-24(23-20)11-12-25/h7-10,13,16,18,25H,3-6,11-12,14H2,1-2H3,(H,22,23,26)/t18-/m1/s1. The van der Waals surface area contributed by atoms with Crippen molar-refractivity contribution in [3.05, 3.63) is 41.6 Å². The maximum Gasteiger partial charge on any atom is 0.233 e. The second-order valence-electron chi connectivity index (χ2n) is 7.91. The second kappa shape index (κ2) is 9.09. The molecule has 1 atom stereocenters. The number of nitrogens with one attached hydrogen (secondary N) is 1. The van der Waals surface area contributed by atoms with Crippen LogP contribution in [0.4, 0.5) is 5.82 Å². The van der Waals surface area contributed by atoms with Gasteiger partial charge in [0.05, 0.1) is 24.0 Å². The van der Waals surface area contributed by atoms with Crippen molar-refractivity contribution >= 4 is 21.6 Å². The molecule has 1 aromatic carbocycles. The summed E-state index contributed by atoms with van der Waals surface area (Å²) in [6.07, 6.45) is 8.27. The van der Waals surface area contributed by atoms with Crippen LogP contribution in [0.5, 0.6) is 0 Å². The molecule has 0 aliphatic heterocycles. The van der Waals surface area contributed by atoms with E-state index in [4.69, 9.17) is 5.11 Å². The fourth-order valence-electron chi connectivity index (χ4n) is 4.15. The first-order valence-corrected chi connectivity index (χ1v) is 11.9. The molecule has 1 aliphatic carbocycles. The maximum absolute atomic E-state index is 13.1. The number of nitrogens with zero attached hydrogens (tertiary/aromatic N) is 2. The minimum Gasteiger partial charge on any atom is -0.394 e. The van der Waals surface area contributed by atoms with E-state index in [2.05, 4.69) is 10.4 Å². The predicted molar refractivity (Wildman–Crippen MR) is 112 cm³/mol. The summed E-state index contributed by atoms with van der Waals surface area (Å²) in [5.74, 6) is 0.433. The Morgan fingerprint density at radius 3 is 2.66 bits per heavy atom.